The zero-order valence-electron chi connectivity index (χ0n) is 6.59. The molecule has 0 spiro atoms. The molecule has 0 fully saturated rings. The van der Waals surface area contributed by atoms with Gasteiger partial charge in [0.1, 0.15) is 24.0 Å². The van der Waals surface area contributed by atoms with E-state index >= 15 is 0 Å². The molecular weight excluding hydrogens is 200 g/mol. The zero-order valence-corrected chi connectivity index (χ0v) is 7.41. The fraction of sp³-hybridized carbons (Fsp3) is 0.250. The molecule has 0 amide bonds. The molecule has 1 aliphatic rings. The van der Waals surface area contributed by atoms with Crippen molar-refractivity contribution in [3.63, 3.8) is 0 Å². The van der Waals surface area contributed by atoms with E-state index in [4.69, 9.17) is 10.5 Å². The minimum atomic E-state index is -0.639. The zero-order chi connectivity index (χ0) is 8.72. The SMILES string of the molecule is Cl.NC1COc2cc(F)cc(F)c21. The van der Waals surface area contributed by atoms with Crippen molar-refractivity contribution in [2.75, 3.05) is 6.61 Å². The molecule has 2 N–H and O–H groups in total. The number of nitrogens with two attached hydrogens (primary N) is 1. The average Bonchev–Trinajstić information content (AvgIpc) is 2.31. The van der Waals surface area contributed by atoms with E-state index < -0.39 is 17.7 Å². The highest BCUT2D eigenvalue weighted by molar-refractivity contribution is 5.85. The van der Waals surface area contributed by atoms with E-state index in [-0.39, 0.29) is 30.3 Å². The Kier molecular flexibility index (Phi) is 2.73. The summed E-state index contributed by atoms with van der Waals surface area (Å²) in [4.78, 5) is 0. The molecule has 2 nitrogen and oxygen atoms in total. The van der Waals surface area contributed by atoms with Crippen LogP contribution in [0.25, 0.3) is 0 Å². The first-order valence-corrected chi connectivity index (χ1v) is 3.56. The lowest BCUT2D eigenvalue weighted by atomic mass is 10.1. The third-order valence-corrected chi connectivity index (χ3v) is 1.85. The highest BCUT2D eigenvalue weighted by Crippen LogP contribution is 2.33. The standard InChI is InChI=1S/C8H7F2NO.ClH/c9-4-1-5(10)8-6(11)3-12-7(8)2-4;/h1-2,6H,3,11H2;1H. The Morgan fingerprint density at radius 3 is 2.77 bits per heavy atom. The molecule has 72 valence electrons. The van der Waals surface area contributed by atoms with Crippen LogP contribution in [-0.2, 0) is 0 Å². The fourth-order valence-corrected chi connectivity index (χ4v) is 1.30. The fourth-order valence-electron chi connectivity index (χ4n) is 1.30. The number of hydrogen-bond donors (Lipinski definition) is 1. The summed E-state index contributed by atoms with van der Waals surface area (Å²) in [6.07, 6.45) is 0. The molecule has 0 saturated carbocycles. The Morgan fingerprint density at radius 2 is 2.08 bits per heavy atom. The monoisotopic (exact) mass is 207 g/mol. The van der Waals surface area contributed by atoms with Crippen LogP contribution in [0.5, 0.6) is 5.75 Å². The summed E-state index contributed by atoms with van der Waals surface area (Å²) >= 11 is 0. The first kappa shape index (κ1) is 10.2. The van der Waals surface area contributed by atoms with Crippen molar-refractivity contribution in [3.8, 4) is 5.75 Å². The number of fused-ring (bicyclic) bond motifs is 1. The molecule has 5 heteroatoms. The van der Waals surface area contributed by atoms with Crippen LogP contribution in [-0.4, -0.2) is 6.61 Å². The number of ether oxygens (including phenoxy) is 1. The molecule has 0 radical (unpaired) electrons. The smallest absolute Gasteiger partial charge is 0.134 e. The molecule has 0 aliphatic carbocycles. The normalized spacial score (nSPS) is 18.8. The Hall–Kier alpha value is -0.870. The summed E-state index contributed by atoms with van der Waals surface area (Å²) in [5.74, 6) is -1.05. The molecule has 1 aromatic carbocycles. The number of hydrogen-bond acceptors (Lipinski definition) is 2. The lowest BCUT2D eigenvalue weighted by Crippen LogP contribution is -2.12. The summed E-state index contributed by atoms with van der Waals surface area (Å²) in [6.45, 7) is 0.218. The van der Waals surface area contributed by atoms with E-state index in [0.717, 1.165) is 12.1 Å². The number of halogens is 3. The van der Waals surface area contributed by atoms with Crippen molar-refractivity contribution >= 4 is 12.4 Å². The van der Waals surface area contributed by atoms with Crippen LogP contribution in [0, 0.1) is 11.6 Å². The van der Waals surface area contributed by atoms with Crippen molar-refractivity contribution in [3.05, 3.63) is 29.3 Å². The van der Waals surface area contributed by atoms with Gasteiger partial charge in [-0.3, -0.25) is 0 Å². The first-order chi connectivity index (χ1) is 5.68. The van der Waals surface area contributed by atoms with Crippen LogP contribution in [0.4, 0.5) is 8.78 Å². The van der Waals surface area contributed by atoms with Gasteiger partial charge in [-0.25, -0.2) is 8.78 Å². The Balaban J connectivity index is 0.000000845. The van der Waals surface area contributed by atoms with E-state index in [1.54, 1.807) is 0 Å². The van der Waals surface area contributed by atoms with Crippen LogP contribution < -0.4 is 10.5 Å². The second kappa shape index (κ2) is 3.47. The molecule has 0 saturated heterocycles. The van der Waals surface area contributed by atoms with Crippen molar-refractivity contribution in [2.45, 2.75) is 6.04 Å². The molecule has 1 aromatic rings. The van der Waals surface area contributed by atoms with Gasteiger partial charge in [-0.15, -0.1) is 12.4 Å². The van der Waals surface area contributed by atoms with Gasteiger partial charge in [0.25, 0.3) is 0 Å². The minimum Gasteiger partial charge on any atom is -0.491 e. The molecule has 1 heterocycles. The second-order valence-electron chi connectivity index (χ2n) is 2.72. The molecular formula is C8H8ClF2NO. The van der Waals surface area contributed by atoms with Gasteiger partial charge in [0, 0.05) is 12.1 Å². The molecule has 13 heavy (non-hydrogen) atoms. The second-order valence-corrected chi connectivity index (χ2v) is 2.72. The Morgan fingerprint density at radius 1 is 1.38 bits per heavy atom. The maximum Gasteiger partial charge on any atom is 0.134 e. The third-order valence-electron chi connectivity index (χ3n) is 1.85. The van der Waals surface area contributed by atoms with Crippen LogP contribution in [0.3, 0.4) is 0 Å². The van der Waals surface area contributed by atoms with Crippen molar-refractivity contribution in [1.82, 2.24) is 0 Å². The van der Waals surface area contributed by atoms with Crippen LogP contribution >= 0.6 is 12.4 Å². The summed E-state index contributed by atoms with van der Waals surface area (Å²) in [5, 5.41) is 0. The van der Waals surface area contributed by atoms with E-state index in [1.807, 2.05) is 0 Å². The quantitative estimate of drug-likeness (QED) is 0.704. The minimum absolute atomic E-state index is 0. The summed E-state index contributed by atoms with van der Waals surface area (Å²) in [7, 11) is 0. The topological polar surface area (TPSA) is 35.2 Å². The molecule has 0 aromatic heterocycles. The maximum atomic E-state index is 13.0. The van der Waals surface area contributed by atoms with Crippen molar-refractivity contribution in [1.29, 1.82) is 0 Å². The Bertz CT molecular complexity index is 332. The molecule has 1 atom stereocenters. The van der Waals surface area contributed by atoms with E-state index in [0.29, 0.717) is 0 Å². The summed E-state index contributed by atoms with van der Waals surface area (Å²) in [6, 6.07) is 1.49. The highest BCUT2D eigenvalue weighted by Gasteiger charge is 2.25. The van der Waals surface area contributed by atoms with Crippen LogP contribution in [0.1, 0.15) is 11.6 Å². The molecule has 2 rings (SSSR count). The van der Waals surface area contributed by atoms with Gasteiger partial charge in [0.15, 0.2) is 0 Å². The maximum absolute atomic E-state index is 13.0. The lowest BCUT2D eigenvalue weighted by molar-refractivity contribution is 0.332. The van der Waals surface area contributed by atoms with Crippen LogP contribution in [0.15, 0.2) is 12.1 Å². The summed E-state index contributed by atoms with van der Waals surface area (Å²) < 4.78 is 30.6. The summed E-state index contributed by atoms with van der Waals surface area (Å²) in [5.41, 5.74) is 5.78. The number of rotatable bonds is 0. The van der Waals surface area contributed by atoms with Crippen molar-refractivity contribution in [2.24, 2.45) is 5.73 Å². The van der Waals surface area contributed by atoms with E-state index in [2.05, 4.69) is 0 Å². The van der Waals surface area contributed by atoms with Gasteiger partial charge >= 0.3 is 0 Å². The van der Waals surface area contributed by atoms with Crippen LogP contribution in [0.2, 0.25) is 0 Å². The Labute approximate surface area is 80.1 Å². The van der Waals surface area contributed by atoms with Crippen molar-refractivity contribution < 1.29 is 13.5 Å². The molecule has 1 unspecified atom stereocenters. The van der Waals surface area contributed by atoms with Gasteiger partial charge in [0.2, 0.25) is 0 Å². The highest BCUT2D eigenvalue weighted by atomic mass is 35.5. The molecule has 0 bridgehead atoms. The predicted octanol–water partition coefficient (Wildman–Crippen LogP) is 1.78. The lowest BCUT2D eigenvalue weighted by Gasteiger charge is -2.01. The third kappa shape index (κ3) is 1.59. The van der Waals surface area contributed by atoms with Gasteiger partial charge in [-0.1, -0.05) is 0 Å². The predicted molar refractivity (Wildman–Crippen MR) is 46.0 cm³/mol. The van der Waals surface area contributed by atoms with E-state index in [1.165, 1.54) is 0 Å². The average molecular weight is 208 g/mol. The van der Waals surface area contributed by atoms with Gasteiger partial charge in [0.05, 0.1) is 11.6 Å². The van der Waals surface area contributed by atoms with E-state index in [9.17, 15) is 8.78 Å². The largest absolute Gasteiger partial charge is 0.491 e. The van der Waals surface area contributed by atoms with Gasteiger partial charge in [-0.2, -0.15) is 0 Å². The van der Waals surface area contributed by atoms with Gasteiger partial charge < -0.3 is 10.5 Å². The molecule has 1 aliphatic heterocycles. The van der Waals surface area contributed by atoms with Gasteiger partial charge in [-0.05, 0) is 0 Å². The first-order valence-electron chi connectivity index (χ1n) is 3.56. The number of benzene rings is 1.